The van der Waals surface area contributed by atoms with E-state index in [1.807, 2.05) is 30.3 Å². The molecule has 1 amide bonds. The van der Waals surface area contributed by atoms with Gasteiger partial charge in [-0.25, -0.2) is 4.39 Å². The van der Waals surface area contributed by atoms with Crippen molar-refractivity contribution >= 4 is 11.6 Å². The first kappa shape index (κ1) is 22.0. The molecule has 4 rings (SSSR count). The number of carbonyl (C=O) groups is 1. The summed E-state index contributed by atoms with van der Waals surface area (Å²) < 4.78 is 19.0. The zero-order chi connectivity index (χ0) is 22.5. The number of amides is 1. The van der Waals surface area contributed by atoms with E-state index in [-0.39, 0.29) is 23.6 Å². The van der Waals surface area contributed by atoms with Crippen molar-refractivity contribution in [2.24, 2.45) is 5.92 Å². The predicted octanol–water partition coefficient (Wildman–Crippen LogP) is 5.39. The molecule has 3 aromatic rings. The Bertz CT molecular complexity index is 1080. The van der Waals surface area contributed by atoms with Crippen molar-refractivity contribution in [3.8, 4) is 5.75 Å². The van der Waals surface area contributed by atoms with E-state index in [0.717, 1.165) is 24.2 Å². The summed E-state index contributed by atoms with van der Waals surface area (Å²) in [6.07, 6.45) is 0.777. The van der Waals surface area contributed by atoms with Gasteiger partial charge in [0.2, 0.25) is 5.91 Å². The SMILES string of the molecule is COc1cccc(NC(=O)C2CC(c3cccc(C)c3)CN(Cc3cccc(F)c3)C2)c1. The van der Waals surface area contributed by atoms with E-state index < -0.39 is 0 Å². The molecule has 32 heavy (non-hydrogen) atoms. The van der Waals surface area contributed by atoms with Gasteiger partial charge >= 0.3 is 0 Å². The molecule has 2 atom stereocenters. The third-order valence-corrected chi connectivity index (χ3v) is 6.04. The second-order valence-corrected chi connectivity index (χ2v) is 8.59. The van der Waals surface area contributed by atoms with Crippen LogP contribution in [0.5, 0.6) is 5.75 Å². The Morgan fingerprint density at radius 1 is 1.06 bits per heavy atom. The Labute approximate surface area is 189 Å². The highest BCUT2D eigenvalue weighted by molar-refractivity contribution is 5.93. The lowest BCUT2D eigenvalue weighted by Gasteiger charge is -2.37. The molecular weight excluding hydrogens is 403 g/mol. The van der Waals surface area contributed by atoms with Gasteiger partial charge in [0.05, 0.1) is 13.0 Å². The lowest BCUT2D eigenvalue weighted by Crippen LogP contribution is -2.43. The number of nitrogens with one attached hydrogen (secondary N) is 1. The molecule has 5 heteroatoms. The van der Waals surface area contributed by atoms with Crippen LogP contribution in [-0.4, -0.2) is 31.0 Å². The third kappa shape index (κ3) is 5.54. The van der Waals surface area contributed by atoms with Gasteiger partial charge in [0, 0.05) is 31.4 Å². The topological polar surface area (TPSA) is 41.6 Å². The monoisotopic (exact) mass is 432 g/mol. The van der Waals surface area contributed by atoms with Gasteiger partial charge < -0.3 is 10.1 Å². The number of ether oxygens (including phenoxy) is 1. The van der Waals surface area contributed by atoms with Crippen molar-refractivity contribution in [2.75, 3.05) is 25.5 Å². The molecule has 0 radical (unpaired) electrons. The summed E-state index contributed by atoms with van der Waals surface area (Å²) in [7, 11) is 1.61. The van der Waals surface area contributed by atoms with E-state index in [1.54, 1.807) is 19.2 Å². The molecule has 166 valence electrons. The van der Waals surface area contributed by atoms with Crippen LogP contribution in [0, 0.1) is 18.7 Å². The van der Waals surface area contributed by atoms with Gasteiger partial charge in [0.15, 0.2) is 0 Å². The number of nitrogens with zero attached hydrogens (tertiary/aromatic N) is 1. The molecule has 0 bridgehead atoms. The fourth-order valence-corrected chi connectivity index (χ4v) is 4.51. The first-order chi connectivity index (χ1) is 15.5. The molecule has 1 aliphatic rings. The predicted molar refractivity (Wildman–Crippen MR) is 125 cm³/mol. The van der Waals surface area contributed by atoms with E-state index in [2.05, 4.69) is 41.4 Å². The number of hydrogen-bond donors (Lipinski definition) is 1. The second-order valence-electron chi connectivity index (χ2n) is 8.59. The number of likely N-dealkylation sites (tertiary alicyclic amines) is 1. The van der Waals surface area contributed by atoms with Crippen molar-refractivity contribution in [2.45, 2.75) is 25.8 Å². The van der Waals surface area contributed by atoms with Gasteiger partial charge in [-0.3, -0.25) is 9.69 Å². The lowest BCUT2D eigenvalue weighted by molar-refractivity contribution is -0.121. The number of aryl methyl sites for hydroxylation is 1. The normalized spacial score (nSPS) is 18.8. The van der Waals surface area contributed by atoms with E-state index >= 15 is 0 Å². The molecule has 2 unspecified atom stereocenters. The minimum Gasteiger partial charge on any atom is -0.497 e. The summed E-state index contributed by atoms with van der Waals surface area (Å²) >= 11 is 0. The van der Waals surface area contributed by atoms with Crippen molar-refractivity contribution in [1.82, 2.24) is 4.90 Å². The minimum atomic E-state index is -0.234. The molecule has 0 saturated carbocycles. The molecule has 0 aromatic heterocycles. The average molecular weight is 433 g/mol. The fraction of sp³-hybridized carbons (Fsp3) is 0.296. The van der Waals surface area contributed by atoms with Crippen LogP contribution in [0.3, 0.4) is 0 Å². The van der Waals surface area contributed by atoms with Gasteiger partial charge in [-0.1, -0.05) is 48.0 Å². The van der Waals surface area contributed by atoms with Gasteiger partial charge in [-0.05, 0) is 54.7 Å². The highest BCUT2D eigenvalue weighted by Gasteiger charge is 2.32. The minimum absolute atomic E-state index is 0.000140. The lowest BCUT2D eigenvalue weighted by atomic mass is 9.83. The first-order valence-corrected chi connectivity index (χ1v) is 11.0. The van der Waals surface area contributed by atoms with Crippen LogP contribution in [0.4, 0.5) is 10.1 Å². The summed E-state index contributed by atoms with van der Waals surface area (Å²) in [5.41, 5.74) is 4.10. The van der Waals surface area contributed by atoms with Crippen molar-refractivity contribution in [3.63, 3.8) is 0 Å². The van der Waals surface area contributed by atoms with Crippen molar-refractivity contribution < 1.29 is 13.9 Å². The number of hydrogen-bond acceptors (Lipinski definition) is 3. The van der Waals surface area contributed by atoms with Crippen LogP contribution < -0.4 is 10.1 Å². The number of piperidine rings is 1. The van der Waals surface area contributed by atoms with Crippen LogP contribution >= 0.6 is 0 Å². The van der Waals surface area contributed by atoms with Gasteiger partial charge in [0.25, 0.3) is 0 Å². The summed E-state index contributed by atoms with van der Waals surface area (Å²) in [5, 5.41) is 3.06. The first-order valence-electron chi connectivity index (χ1n) is 11.0. The summed E-state index contributed by atoms with van der Waals surface area (Å²) in [6, 6.07) is 22.6. The fourth-order valence-electron chi connectivity index (χ4n) is 4.51. The number of halogens is 1. The third-order valence-electron chi connectivity index (χ3n) is 6.04. The van der Waals surface area contributed by atoms with E-state index in [0.29, 0.717) is 18.8 Å². The van der Waals surface area contributed by atoms with E-state index in [1.165, 1.54) is 17.2 Å². The Balaban J connectivity index is 1.54. The van der Waals surface area contributed by atoms with E-state index in [4.69, 9.17) is 4.74 Å². The quantitative estimate of drug-likeness (QED) is 0.568. The van der Waals surface area contributed by atoms with Crippen LogP contribution in [-0.2, 0) is 11.3 Å². The molecule has 1 heterocycles. The Hall–Kier alpha value is -3.18. The molecule has 0 spiro atoms. The molecule has 0 aliphatic carbocycles. The van der Waals surface area contributed by atoms with Crippen LogP contribution in [0.1, 0.15) is 29.0 Å². The number of benzene rings is 3. The zero-order valence-corrected chi connectivity index (χ0v) is 18.6. The largest absolute Gasteiger partial charge is 0.497 e. The van der Waals surface area contributed by atoms with E-state index in [9.17, 15) is 9.18 Å². The Morgan fingerprint density at radius 3 is 2.66 bits per heavy atom. The number of carbonyl (C=O) groups excluding carboxylic acids is 1. The summed E-state index contributed by atoms with van der Waals surface area (Å²) in [6.45, 7) is 4.17. The zero-order valence-electron chi connectivity index (χ0n) is 18.6. The number of rotatable bonds is 6. The molecule has 4 nitrogen and oxygen atoms in total. The molecule has 1 N–H and O–H groups in total. The van der Waals surface area contributed by atoms with Crippen LogP contribution in [0.2, 0.25) is 0 Å². The average Bonchev–Trinajstić information content (AvgIpc) is 2.79. The molecule has 3 aromatic carbocycles. The Morgan fingerprint density at radius 2 is 1.88 bits per heavy atom. The number of anilines is 1. The smallest absolute Gasteiger partial charge is 0.228 e. The van der Waals surface area contributed by atoms with Gasteiger partial charge in [-0.15, -0.1) is 0 Å². The standard InChI is InChI=1S/C27H29FN2O2/c1-19-6-3-8-21(12-19)22-14-23(27(31)29-25-10-5-11-26(15-25)32-2)18-30(17-22)16-20-7-4-9-24(28)13-20/h3-13,15,22-23H,14,16-18H2,1-2H3,(H,29,31). The van der Waals surface area contributed by atoms with Gasteiger partial charge in [-0.2, -0.15) is 0 Å². The Kier molecular flexibility index (Phi) is 6.86. The second kappa shape index (κ2) is 9.96. The maximum absolute atomic E-state index is 13.7. The van der Waals surface area contributed by atoms with Crippen LogP contribution in [0.15, 0.2) is 72.8 Å². The maximum atomic E-state index is 13.7. The number of methoxy groups -OCH3 is 1. The molecule has 1 aliphatic heterocycles. The van der Waals surface area contributed by atoms with Crippen LogP contribution in [0.25, 0.3) is 0 Å². The highest BCUT2D eigenvalue weighted by Crippen LogP contribution is 2.32. The van der Waals surface area contributed by atoms with Crippen molar-refractivity contribution in [1.29, 1.82) is 0 Å². The molecule has 1 fully saturated rings. The highest BCUT2D eigenvalue weighted by atomic mass is 19.1. The summed E-state index contributed by atoms with van der Waals surface area (Å²) in [5.74, 6) is 0.533. The van der Waals surface area contributed by atoms with Crippen molar-refractivity contribution in [3.05, 3.63) is 95.3 Å². The molecular formula is C27H29FN2O2. The summed E-state index contributed by atoms with van der Waals surface area (Å²) in [4.78, 5) is 15.5. The van der Waals surface area contributed by atoms with Gasteiger partial charge in [0.1, 0.15) is 11.6 Å². The molecule has 1 saturated heterocycles. The maximum Gasteiger partial charge on any atom is 0.228 e.